The molecule has 0 saturated carbocycles. The number of nitrogens with zero attached hydrogens (tertiary/aromatic N) is 1. The van der Waals surface area contributed by atoms with E-state index in [0.29, 0.717) is 60.8 Å². The van der Waals surface area contributed by atoms with E-state index >= 15 is 0 Å². The van der Waals surface area contributed by atoms with Gasteiger partial charge in [0.25, 0.3) is 5.91 Å². The number of benzene rings is 2. The number of hydrogen-bond acceptors (Lipinski definition) is 6. The van der Waals surface area contributed by atoms with E-state index in [4.69, 9.17) is 18.6 Å². The van der Waals surface area contributed by atoms with Gasteiger partial charge < -0.3 is 23.5 Å². The van der Waals surface area contributed by atoms with E-state index in [-0.39, 0.29) is 17.1 Å². The molecule has 1 amide bonds. The second kappa shape index (κ2) is 11.9. The minimum atomic E-state index is -0.600. The first kappa shape index (κ1) is 26.2. The summed E-state index contributed by atoms with van der Waals surface area (Å²) >= 11 is 3.44. The molecule has 1 unspecified atom stereocenters. The molecule has 0 saturated heterocycles. The quantitative estimate of drug-likeness (QED) is 0.250. The minimum absolute atomic E-state index is 0.0927. The largest absolute Gasteiger partial charge is 0.490 e. The predicted molar refractivity (Wildman–Crippen MR) is 142 cm³/mol. The Balaban J connectivity index is 1.80. The van der Waals surface area contributed by atoms with Gasteiger partial charge in [-0.3, -0.25) is 9.59 Å². The highest BCUT2D eigenvalue weighted by Gasteiger charge is 2.42. The van der Waals surface area contributed by atoms with E-state index < -0.39 is 6.04 Å². The van der Waals surface area contributed by atoms with Crippen molar-refractivity contribution >= 4 is 32.8 Å². The lowest BCUT2D eigenvalue weighted by atomic mass is 9.98. The lowest BCUT2D eigenvalue weighted by Crippen LogP contribution is -2.31. The van der Waals surface area contributed by atoms with Gasteiger partial charge in [-0.25, -0.2) is 0 Å². The Morgan fingerprint density at radius 1 is 0.972 bits per heavy atom. The Labute approximate surface area is 219 Å². The third-order valence-corrected chi connectivity index (χ3v) is 6.76. The molecule has 0 aliphatic carbocycles. The van der Waals surface area contributed by atoms with E-state index in [0.717, 1.165) is 29.3 Å². The van der Waals surface area contributed by atoms with Crippen molar-refractivity contribution in [3.8, 4) is 11.5 Å². The lowest BCUT2D eigenvalue weighted by molar-refractivity contribution is 0.0707. The Kier molecular flexibility index (Phi) is 8.69. The van der Waals surface area contributed by atoms with Gasteiger partial charge in [-0.1, -0.05) is 41.8 Å². The Morgan fingerprint density at radius 2 is 1.81 bits per heavy atom. The summed E-state index contributed by atoms with van der Waals surface area (Å²) in [7, 11) is 1.63. The lowest BCUT2D eigenvalue weighted by Gasteiger charge is -2.26. The maximum atomic E-state index is 13.7. The molecule has 2 aromatic carbocycles. The number of carbonyl (C=O) groups is 1. The monoisotopic (exact) mass is 557 g/mol. The zero-order valence-electron chi connectivity index (χ0n) is 21.0. The molecule has 3 aromatic rings. The smallest absolute Gasteiger partial charge is 0.290 e. The van der Waals surface area contributed by atoms with Crippen LogP contribution in [0.4, 0.5) is 0 Å². The molecular formula is C28H32BrNO6. The second-order valence-electron chi connectivity index (χ2n) is 8.76. The SMILES string of the molecule is CCCCCOc1ccc(C2c3c(oc4ccc(Br)cc4c3=O)C(=O)N2CCCOC)cc1OCC. The molecule has 1 aromatic heterocycles. The number of rotatable bonds is 12. The van der Waals surface area contributed by atoms with E-state index in [9.17, 15) is 9.59 Å². The number of hydrogen-bond donors (Lipinski definition) is 0. The Morgan fingerprint density at radius 3 is 2.56 bits per heavy atom. The summed E-state index contributed by atoms with van der Waals surface area (Å²) in [5, 5.41) is 0.431. The summed E-state index contributed by atoms with van der Waals surface area (Å²) in [6.45, 7) is 6.05. The van der Waals surface area contributed by atoms with Gasteiger partial charge in [0.15, 0.2) is 16.9 Å². The van der Waals surface area contributed by atoms with Crippen LogP contribution in [0.1, 0.15) is 67.3 Å². The Hall–Kier alpha value is -2.84. The standard InChI is InChI=1S/C28H32BrNO6/c1-4-6-7-15-35-22-11-9-18(16-23(22)34-5-2)25-24-26(31)20-17-19(29)10-12-21(20)36-27(24)28(32)30(25)13-8-14-33-3/h9-12,16-17,25H,4-8,13-15H2,1-3H3. The molecule has 0 fully saturated rings. The van der Waals surface area contributed by atoms with Crippen molar-refractivity contribution in [1.29, 1.82) is 0 Å². The molecule has 1 atom stereocenters. The van der Waals surface area contributed by atoms with Crippen LogP contribution in [-0.4, -0.2) is 44.3 Å². The van der Waals surface area contributed by atoms with Gasteiger partial charge in [0.1, 0.15) is 5.58 Å². The number of carbonyl (C=O) groups excluding carboxylic acids is 1. The first-order valence-electron chi connectivity index (χ1n) is 12.5. The van der Waals surface area contributed by atoms with Crippen LogP contribution < -0.4 is 14.9 Å². The zero-order valence-corrected chi connectivity index (χ0v) is 22.6. The Bertz CT molecular complexity index is 1290. The fourth-order valence-corrected chi connectivity index (χ4v) is 4.93. The van der Waals surface area contributed by atoms with E-state index in [1.165, 1.54) is 0 Å². The minimum Gasteiger partial charge on any atom is -0.490 e. The molecular weight excluding hydrogens is 526 g/mol. The molecule has 1 aliphatic heterocycles. The number of methoxy groups -OCH3 is 1. The van der Waals surface area contributed by atoms with Gasteiger partial charge in [0.05, 0.1) is 30.2 Å². The molecule has 0 spiro atoms. The summed E-state index contributed by atoms with van der Waals surface area (Å²) < 4.78 is 23.9. The third kappa shape index (κ3) is 5.30. The fraction of sp³-hybridized carbons (Fsp3) is 0.429. The highest BCUT2D eigenvalue weighted by Crippen LogP contribution is 2.41. The van der Waals surface area contributed by atoms with Gasteiger partial charge in [0.2, 0.25) is 5.76 Å². The van der Waals surface area contributed by atoms with Gasteiger partial charge in [0, 0.05) is 24.7 Å². The summed E-state index contributed by atoms with van der Waals surface area (Å²) in [6, 6.07) is 10.3. The highest BCUT2D eigenvalue weighted by atomic mass is 79.9. The number of ether oxygens (including phenoxy) is 3. The van der Waals surface area contributed by atoms with Crippen molar-refractivity contribution in [2.45, 2.75) is 45.6 Å². The normalized spacial score (nSPS) is 14.9. The van der Waals surface area contributed by atoms with Gasteiger partial charge in [-0.2, -0.15) is 0 Å². The van der Waals surface area contributed by atoms with Crippen molar-refractivity contribution < 1.29 is 23.4 Å². The van der Waals surface area contributed by atoms with E-state index in [1.54, 1.807) is 30.2 Å². The molecule has 192 valence electrons. The van der Waals surface area contributed by atoms with Crippen molar-refractivity contribution in [1.82, 2.24) is 4.90 Å². The molecule has 0 radical (unpaired) electrons. The van der Waals surface area contributed by atoms with Crippen molar-refractivity contribution in [2.75, 3.05) is 33.5 Å². The van der Waals surface area contributed by atoms with Gasteiger partial charge in [-0.05, 0) is 55.7 Å². The number of amides is 1. The first-order chi connectivity index (χ1) is 17.5. The summed E-state index contributed by atoms with van der Waals surface area (Å²) in [5.41, 5.74) is 1.30. The molecule has 7 nitrogen and oxygen atoms in total. The molecule has 8 heteroatoms. The van der Waals surface area contributed by atoms with Gasteiger partial charge in [-0.15, -0.1) is 0 Å². The molecule has 0 bridgehead atoms. The average molecular weight is 558 g/mol. The predicted octanol–water partition coefficient (Wildman–Crippen LogP) is 6.10. The first-order valence-corrected chi connectivity index (χ1v) is 13.2. The molecule has 0 N–H and O–H groups in total. The van der Waals surface area contributed by atoms with Crippen molar-refractivity contribution in [2.24, 2.45) is 0 Å². The highest BCUT2D eigenvalue weighted by molar-refractivity contribution is 9.10. The summed E-state index contributed by atoms with van der Waals surface area (Å²) in [5.74, 6) is 1.04. The fourth-order valence-electron chi connectivity index (χ4n) is 4.57. The van der Waals surface area contributed by atoms with E-state index in [2.05, 4.69) is 22.9 Å². The molecule has 4 rings (SSSR count). The van der Waals surface area contributed by atoms with Crippen LogP contribution in [0.25, 0.3) is 11.0 Å². The second-order valence-corrected chi connectivity index (χ2v) is 9.67. The maximum Gasteiger partial charge on any atom is 0.290 e. The summed E-state index contributed by atoms with van der Waals surface area (Å²) in [6.07, 6.45) is 3.80. The van der Waals surface area contributed by atoms with Crippen LogP contribution in [0.5, 0.6) is 11.5 Å². The average Bonchev–Trinajstić information content (AvgIpc) is 3.15. The van der Waals surface area contributed by atoms with Crippen LogP contribution in [0.3, 0.4) is 0 Å². The number of fused-ring (bicyclic) bond motifs is 2. The summed E-state index contributed by atoms with van der Waals surface area (Å²) in [4.78, 5) is 28.9. The van der Waals surface area contributed by atoms with Crippen LogP contribution in [-0.2, 0) is 4.74 Å². The topological polar surface area (TPSA) is 78.2 Å². The zero-order chi connectivity index (χ0) is 25.7. The third-order valence-electron chi connectivity index (χ3n) is 6.26. The van der Waals surface area contributed by atoms with Crippen LogP contribution in [0, 0.1) is 0 Å². The van der Waals surface area contributed by atoms with Gasteiger partial charge >= 0.3 is 0 Å². The van der Waals surface area contributed by atoms with Crippen LogP contribution >= 0.6 is 15.9 Å². The molecule has 36 heavy (non-hydrogen) atoms. The number of unbranched alkanes of at least 4 members (excludes halogenated alkanes) is 2. The van der Waals surface area contributed by atoms with Crippen molar-refractivity contribution in [3.63, 3.8) is 0 Å². The van der Waals surface area contributed by atoms with Crippen LogP contribution in [0.15, 0.2) is 50.1 Å². The maximum absolute atomic E-state index is 13.7. The molecule has 2 heterocycles. The molecule has 1 aliphatic rings. The number of halogens is 1. The van der Waals surface area contributed by atoms with Crippen molar-refractivity contribution in [3.05, 3.63) is 68.0 Å². The van der Waals surface area contributed by atoms with Crippen LogP contribution in [0.2, 0.25) is 0 Å². The van der Waals surface area contributed by atoms with E-state index in [1.807, 2.05) is 25.1 Å².